The molecule has 62 valence electrons. The van der Waals surface area contributed by atoms with Gasteiger partial charge in [0.25, 0.3) is 0 Å². The Bertz CT molecular complexity index is 196. The molecule has 3 heteroatoms. The summed E-state index contributed by atoms with van der Waals surface area (Å²) in [4.78, 5) is 0. The van der Waals surface area contributed by atoms with Crippen LogP contribution in [0.4, 0.5) is 0 Å². The first kappa shape index (κ1) is 8.30. The maximum atomic E-state index is 9.55. The lowest BCUT2D eigenvalue weighted by Crippen LogP contribution is -2.29. The third-order valence-corrected chi connectivity index (χ3v) is 1.65. The topological polar surface area (TPSA) is 38.7 Å². The van der Waals surface area contributed by atoms with Crippen LogP contribution < -0.4 is 0 Å². The molecule has 0 amide bonds. The van der Waals surface area contributed by atoms with Crippen molar-refractivity contribution in [2.24, 2.45) is 0 Å². The Morgan fingerprint density at radius 2 is 2.27 bits per heavy atom. The quantitative estimate of drug-likeness (QED) is 0.601. The van der Waals surface area contributed by atoms with Gasteiger partial charge in [-0.2, -0.15) is 0 Å². The highest BCUT2D eigenvalue weighted by Gasteiger charge is 2.25. The maximum Gasteiger partial charge on any atom is 0.192 e. The van der Waals surface area contributed by atoms with Gasteiger partial charge in [-0.1, -0.05) is 6.08 Å². The monoisotopic (exact) mass is 156 g/mol. The van der Waals surface area contributed by atoms with Gasteiger partial charge in [-0.3, -0.25) is 0 Å². The van der Waals surface area contributed by atoms with Crippen molar-refractivity contribution in [1.29, 1.82) is 0 Å². The summed E-state index contributed by atoms with van der Waals surface area (Å²) in [5, 5.41) is 9.55. The Morgan fingerprint density at radius 1 is 1.55 bits per heavy atom. The molecule has 1 aliphatic rings. The molecule has 0 bridgehead atoms. The van der Waals surface area contributed by atoms with Gasteiger partial charge in [0.15, 0.2) is 5.79 Å². The highest BCUT2D eigenvalue weighted by molar-refractivity contribution is 5.21. The minimum absolute atomic E-state index is 0.469. The summed E-state index contributed by atoms with van der Waals surface area (Å²) in [6.07, 6.45) is 5.62. The molecule has 1 rings (SSSR count). The summed E-state index contributed by atoms with van der Waals surface area (Å²) < 4.78 is 9.78. The number of allylic oxidation sites excluding steroid dienone is 1. The number of hydrogen-bond donors (Lipinski definition) is 1. The van der Waals surface area contributed by atoms with E-state index < -0.39 is 5.79 Å². The molecule has 0 aromatic heterocycles. The average molecular weight is 156 g/mol. The Labute approximate surface area is 65.9 Å². The van der Waals surface area contributed by atoms with Crippen molar-refractivity contribution in [1.82, 2.24) is 0 Å². The van der Waals surface area contributed by atoms with Crippen molar-refractivity contribution in [2.75, 3.05) is 14.2 Å². The molecular weight excluding hydrogens is 144 g/mol. The van der Waals surface area contributed by atoms with E-state index in [1.54, 1.807) is 19.3 Å². The van der Waals surface area contributed by atoms with Crippen molar-refractivity contribution in [3.8, 4) is 0 Å². The second-order valence-electron chi connectivity index (χ2n) is 2.41. The Hall–Kier alpha value is -0.800. The SMILES string of the molecule is COC1=CC(O)(OC)CC=C1. The summed E-state index contributed by atoms with van der Waals surface area (Å²) in [6.45, 7) is 0. The summed E-state index contributed by atoms with van der Waals surface area (Å²) in [6, 6.07) is 0. The zero-order valence-corrected chi connectivity index (χ0v) is 6.70. The summed E-state index contributed by atoms with van der Waals surface area (Å²) in [5.41, 5.74) is 0. The minimum Gasteiger partial charge on any atom is -0.497 e. The summed E-state index contributed by atoms with van der Waals surface area (Å²) in [7, 11) is 3.01. The van der Waals surface area contributed by atoms with E-state index >= 15 is 0 Å². The smallest absolute Gasteiger partial charge is 0.192 e. The van der Waals surface area contributed by atoms with Crippen LogP contribution in [0.1, 0.15) is 6.42 Å². The van der Waals surface area contributed by atoms with Crippen LogP contribution in [-0.4, -0.2) is 25.1 Å². The molecule has 1 unspecified atom stereocenters. The normalized spacial score (nSPS) is 29.9. The Morgan fingerprint density at radius 3 is 2.82 bits per heavy atom. The van der Waals surface area contributed by atoms with Crippen LogP contribution >= 0.6 is 0 Å². The van der Waals surface area contributed by atoms with Gasteiger partial charge in [0, 0.05) is 19.6 Å². The first-order valence-electron chi connectivity index (χ1n) is 3.41. The number of aliphatic hydroxyl groups is 1. The van der Waals surface area contributed by atoms with Gasteiger partial charge in [0.2, 0.25) is 0 Å². The largest absolute Gasteiger partial charge is 0.497 e. The van der Waals surface area contributed by atoms with E-state index in [9.17, 15) is 5.11 Å². The Kier molecular flexibility index (Phi) is 2.31. The van der Waals surface area contributed by atoms with Crippen molar-refractivity contribution >= 4 is 0 Å². The van der Waals surface area contributed by atoms with Crippen molar-refractivity contribution in [3.05, 3.63) is 24.0 Å². The Balaban J connectivity index is 2.75. The van der Waals surface area contributed by atoms with E-state index in [0.29, 0.717) is 12.2 Å². The van der Waals surface area contributed by atoms with Gasteiger partial charge in [0.1, 0.15) is 5.76 Å². The first-order valence-corrected chi connectivity index (χ1v) is 3.41. The average Bonchev–Trinajstić information content (AvgIpc) is 2.05. The fourth-order valence-corrected chi connectivity index (χ4v) is 0.942. The van der Waals surface area contributed by atoms with Crippen LogP contribution in [0.2, 0.25) is 0 Å². The highest BCUT2D eigenvalue weighted by Crippen LogP contribution is 2.21. The molecule has 0 aromatic rings. The highest BCUT2D eigenvalue weighted by atomic mass is 16.6. The molecule has 0 spiro atoms. The lowest BCUT2D eigenvalue weighted by molar-refractivity contribution is -0.145. The van der Waals surface area contributed by atoms with Crippen LogP contribution in [-0.2, 0) is 9.47 Å². The van der Waals surface area contributed by atoms with E-state index in [-0.39, 0.29) is 0 Å². The van der Waals surface area contributed by atoms with E-state index in [1.165, 1.54) is 7.11 Å². The number of hydrogen-bond acceptors (Lipinski definition) is 3. The predicted molar refractivity (Wildman–Crippen MR) is 40.8 cm³/mol. The molecule has 11 heavy (non-hydrogen) atoms. The number of rotatable bonds is 2. The van der Waals surface area contributed by atoms with Gasteiger partial charge < -0.3 is 14.6 Å². The zero-order chi connectivity index (χ0) is 8.32. The molecule has 0 saturated carbocycles. The predicted octanol–water partition coefficient (Wildman–Crippen LogP) is 0.812. The number of methoxy groups -OCH3 is 2. The lowest BCUT2D eigenvalue weighted by atomic mass is 10.1. The molecule has 1 atom stereocenters. The van der Waals surface area contributed by atoms with Gasteiger partial charge in [0.05, 0.1) is 7.11 Å². The fraction of sp³-hybridized carbons (Fsp3) is 0.500. The second-order valence-corrected chi connectivity index (χ2v) is 2.41. The van der Waals surface area contributed by atoms with Crippen LogP contribution in [0.3, 0.4) is 0 Å². The molecule has 0 radical (unpaired) electrons. The third-order valence-electron chi connectivity index (χ3n) is 1.65. The van der Waals surface area contributed by atoms with Crippen LogP contribution in [0.25, 0.3) is 0 Å². The minimum atomic E-state index is -1.18. The number of ether oxygens (including phenoxy) is 2. The van der Waals surface area contributed by atoms with Crippen molar-refractivity contribution < 1.29 is 14.6 Å². The van der Waals surface area contributed by atoms with Gasteiger partial charge in [-0.05, 0) is 6.08 Å². The zero-order valence-electron chi connectivity index (χ0n) is 6.70. The second kappa shape index (κ2) is 3.07. The molecule has 3 nitrogen and oxygen atoms in total. The van der Waals surface area contributed by atoms with E-state index in [0.717, 1.165) is 0 Å². The van der Waals surface area contributed by atoms with Crippen LogP contribution in [0.15, 0.2) is 24.0 Å². The van der Waals surface area contributed by atoms with E-state index in [1.807, 2.05) is 6.08 Å². The summed E-state index contributed by atoms with van der Waals surface area (Å²) >= 11 is 0. The maximum absolute atomic E-state index is 9.55. The van der Waals surface area contributed by atoms with Gasteiger partial charge in [-0.15, -0.1) is 0 Å². The van der Waals surface area contributed by atoms with Crippen LogP contribution in [0, 0.1) is 0 Å². The molecule has 1 N–H and O–H groups in total. The first-order chi connectivity index (χ1) is 5.20. The molecule has 0 heterocycles. The summed E-state index contributed by atoms with van der Waals surface area (Å²) in [5.74, 6) is -0.555. The van der Waals surface area contributed by atoms with Crippen molar-refractivity contribution in [2.45, 2.75) is 12.2 Å². The van der Waals surface area contributed by atoms with Gasteiger partial charge in [-0.25, -0.2) is 0 Å². The molecule has 0 aromatic carbocycles. The van der Waals surface area contributed by atoms with Crippen LogP contribution in [0.5, 0.6) is 0 Å². The lowest BCUT2D eigenvalue weighted by Gasteiger charge is -2.24. The van der Waals surface area contributed by atoms with E-state index in [2.05, 4.69) is 0 Å². The van der Waals surface area contributed by atoms with Gasteiger partial charge >= 0.3 is 0 Å². The fourth-order valence-electron chi connectivity index (χ4n) is 0.942. The van der Waals surface area contributed by atoms with Crippen molar-refractivity contribution in [3.63, 3.8) is 0 Å². The standard InChI is InChI=1S/C8H12O3/c1-10-7-4-3-5-8(9,6-7)11-2/h3-4,6,9H,5H2,1-2H3. The molecule has 0 aliphatic heterocycles. The third kappa shape index (κ3) is 1.82. The molecule has 1 aliphatic carbocycles. The molecule has 0 saturated heterocycles. The molecule has 0 fully saturated rings. The molecular formula is C8H12O3. The van der Waals surface area contributed by atoms with E-state index in [4.69, 9.17) is 9.47 Å².